The van der Waals surface area contributed by atoms with Gasteiger partial charge in [-0.1, -0.05) is 35.3 Å². The monoisotopic (exact) mass is 369 g/mol. The molecule has 0 saturated carbocycles. The molecule has 0 radical (unpaired) electrons. The lowest BCUT2D eigenvalue weighted by molar-refractivity contribution is 0.290. The van der Waals surface area contributed by atoms with Crippen LogP contribution in [0, 0.1) is 11.6 Å². The third-order valence-electron chi connectivity index (χ3n) is 3.82. The van der Waals surface area contributed by atoms with E-state index in [0.717, 1.165) is 5.57 Å². The number of para-hydroxylation sites is 1. The molecule has 0 bridgehead atoms. The van der Waals surface area contributed by atoms with Crippen molar-refractivity contribution in [2.45, 2.75) is 12.6 Å². The molecule has 0 amide bonds. The van der Waals surface area contributed by atoms with Gasteiger partial charge >= 0.3 is 0 Å². The number of nitrogens with one attached hydrogen (secondary N) is 2. The maximum Gasteiger partial charge on any atom is 0.147 e. The number of nitrogens with zero attached hydrogens (tertiary/aromatic N) is 1. The van der Waals surface area contributed by atoms with Crippen LogP contribution in [0.5, 0.6) is 0 Å². The number of halogens is 4. The smallest absolute Gasteiger partial charge is 0.147 e. The van der Waals surface area contributed by atoms with Gasteiger partial charge in [-0.05, 0) is 31.2 Å². The van der Waals surface area contributed by atoms with Crippen molar-refractivity contribution in [2.24, 2.45) is 0 Å². The highest BCUT2D eigenvalue weighted by Crippen LogP contribution is 2.38. The summed E-state index contributed by atoms with van der Waals surface area (Å²) >= 11 is 12.3. The molecule has 2 aromatic carbocycles. The average Bonchev–Trinajstić information content (AvgIpc) is 2.78. The molecule has 1 heterocycles. The number of hydrazine groups is 1. The van der Waals surface area contributed by atoms with Gasteiger partial charge in [0.25, 0.3) is 0 Å². The van der Waals surface area contributed by atoms with E-state index in [2.05, 4.69) is 10.7 Å². The summed E-state index contributed by atoms with van der Waals surface area (Å²) in [5, 5.41) is 5.34. The molecular formula is C17H15Cl2F2N3. The Morgan fingerprint density at radius 2 is 1.88 bits per heavy atom. The summed E-state index contributed by atoms with van der Waals surface area (Å²) in [6, 6.07) is 8.62. The van der Waals surface area contributed by atoms with Gasteiger partial charge in [0, 0.05) is 24.4 Å². The van der Waals surface area contributed by atoms with Crippen LogP contribution in [0.2, 0.25) is 10.0 Å². The van der Waals surface area contributed by atoms with E-state index in [1.54, 1.807) is 30.4 Å². The summed E-state index contributed by atoms with van der Waals surface area (Å²) in [5.41, 5.74) is 3.83. The van der Waals surface area contributed by atoms with E-state index in [1.807, 2.05) is 6.92 Å². The normalized spacial score (nSPS) is 20.2. The van der Waals surface area contributed by atoms with Crippen molar-refractivity contribution in [1.82, 2.24) is 10.4 Å². The quantitative estimate of drug-likeness (QED) is 0.806. The summed E-state index contributed by atoms with van der Waals surface area (Å²) in [7, 11) is 1.80. The van der Waals surface area contributed by atoms with Crippen molar-refractivity contribution in [3.8, 4) is 0 Å². The molecule has 1 unspecified atom stereocenters. The van der Waals surface area contributed by atoms with Crippen LogP contribution in [-0.2, 0) is 0 Å². The molecule has 3 nitrogen and oxygen atoms in total. The second-order valence-corrected chi connectivity index (χ2v) is 6.55. The number of rotatable bonds is 3. The Bertz CT molecular complexity index is 805. The molecule has 1 aliphatic heterocycles. The minimum Gasteiger partial charge on any atom is -0.359 e. The molecule has 7 heteroatoms. The Kier molecular flexibility index (Phi) is 4.42. The highest BCUT2D eigenvalue weighted by Gasteiger charge is 2.37. The third-order valence-corrected chi connectivity index (χ3v) is 4.45. The van der Waals surface area contributed by atoms with Crippen LogP contribution < -0.4 is 10.7 Å². The standard InChI is InChI=1S/C17H15Cl2F2N3/c1-17(22-16-13(18)4-3-5-15(16)21)12(9-24(2)23-17)11-7-6-10(20)8-14(11)19/h3-9,22-23H,1-2H3. The minimum absolute atomic E-state index is 0.175. The first-order valence-corrected chi connectivity index (χ1v) is 7.96. The van der Waals surface area contributed by atoms with Gasteiger partial charge in [0.15, 0.2) is 0 Å². The molecule has 1 aliphatic rings. The van der Waals surface area contributed by atoms with Crippen LogP contribution in [0.1, 0.15) is 12.5 Å². The largest absolute Gasteiger partial charge is 0.359 e. The first-order valence-electron chi connectivity index (χ1n) is 7.21. The van der Waals surface area contributed by atoms with Crippen molar-refractivity contribution in [2.75, 3.05) is 12.4 Å². The van der Waals surface area contributed by atoms with Gasteiger partial charge in [0.05, 0.1) is 15.7 Å². The van der Waals surface area contributed by atoms with E-state index in [0.29, 0.717) is 5.56 Å². The zero-order valence-corrected chi connectivity index (χ0v) is 14.5. The fourth-order valence-corrected chi connectivity index (χ4v) is 3.26. The maximum absolute atomic E-state index is 14.1. The zero-order valence-electron chi connectivity index (χ0n) is 13.0. The van der Waals surface area contributed by atoms with Crippen LogP contribution >= 0.6 is 23.2 Å². The van der Waals surface area contributed by atoms with Crippen LogP contribution in [0.15, 0.2) is 42.6 Å². The van der Waals surface area contributed by atoms with Gasteiger partial charge in [-0.3, -0.25) is 0 Å². The van der Waals surface area contributed by atoms with E-state index in [1.165, 1.54) is 24.3 Å². The van der Waals surface area contributed by atoms with E-state index in [-0.39, 0.29) is 15.7 Å². The predicted molar refractivity (Wildman–Crippen MR) is 93.7 cm³/mol. The Labute approximate surface area is 148 Å². The highest BCUT2D eigenvalue weighted by molar-refractivity contribution is 6.33. The van der Waals surface area contributed by atoms with Gasteiger partial charge in [-0.25, -0.2) is 14.2 Å². The molecule has 0 spiro atoms. The second kappa shape index (κ2) is 6.24. The number of benzene rings is 2. The average molecular weight is 370 g/mol. The molecule has 1 atom stereocenters. The molecule has 2 N–H and O–H groups in total. The van der Waals surface area contributed by atoms with Crippen molar-refractivity contribution >= 4 is 34.5 Å². The molecule has 0 aliphatic carbocycles. The molecule has 0 saturated heterocycles. The second-order valence-electron chi connectivity index (χ2n) is 5.74. The lowest BCUT2D eigenvalue weighted by atomic mass is 9.95. The van der Waals surface area contributed by atoms with E-state index >= 15 is 0 Å². The summed E-state index contributed by atoms with van der Waals surface area (Å²) < 4.78 is 27.5. The minimum atomic E-state index is -0.887. The van der Waals surface area contributed by atoms with Crippen molar-refractivity contribution < 1.29 is 8.78 Å². The van der Waals surface area contributed by atoms with Crippen molar-refractivity contribution in [3.05, 3.63) is 69.8 Å². The molecular weight excluding hydrogens is 355 g/mol. The zero-order chi connectivity index (χ0) is 17.5. The maximum atomic E-state index is 14.1. The fraction of sp³-hybridized carbons (Fsp3) is 0.176. The van der Waals surface area contributed by atoms with Crippen LogP contribution in [-0.4, -0.2) is 17.7 Å². The Hall–Kier alpha value is -1.82. The third kappa shape index (κ3) is 3.07. The predicted octanol–water partition coefficient (Wildman–Crippen LogP) is 4.89. The Morgan fingerprint density at radius 3 is 2.54 bits per heavy atom. The van der Waals surface area contributed by atoms with Gasteiger partial charge in [-0.2, -0.15) is 0 Å². The van der Waals surface area contributed by atoms with Gasteiger partial charge in [0.1, 0.15) is 17.3 Å². The summed E-state index contributed by atoms with van der Waals surface area (Å²) in [6.07, 6.45) is 1.81. The van der Waals surface area contributed by atoms with Gasteiger partial charge in [0.2, 0.25) is 0 Å². The molecule has 2 aromatic rings. The summed E-state index contributed by atoms with van der Waals surface area (Å²) in [4.78, 5) is 0. The lowest BCUT2D eigenvalue weighted by Crippen LogP contribution is -2.50. The van der Waals surface area contributed by atoms with Crippen LogP contribution in [0.25, 0.3) is 5.57 Å². The number of anilines is 1. The lowest BCUT2D eigenvalue weighted by Gasteiger charge is -2.32. The SMILES string of the molecule is CN1C=C(c2ccc(F)cc2Cl)C(C)(Nc2c(F)cccc2Cl)N1. The highest BCUT2D eigenvalue weighted by atomic mass is 35.5. The molecule has 0 aromatic heterocycles. The number of hydrogen-bond acceptors (Lipinski definition) is 3. The topological polar surface area (TPSA) is 27.3 Å². The van der Waals surface area contributed by atoms with Crippen LogP contribution in [0.4, 0.5) is 14.5 Å². The van der Waals surface area contributed by atoms with Gasteiger partial charge < -0.3 is 10.3 Å². The van der Waals surface area contributed by atoms with Crippen molar-refractivity contribution in [3.63, 3.8) is 0 Å². The summed E-state index contributed by atoms with van der Waals surface area (Å²) in [6.45, 7) is 1.82. The van der Waals surface area contributed by atoms with Crippen molar-refractivity contribution in [1.29, 1.82) is 0 Å². The first kappa shape index (κ1) is 17.0. The van der Waals surface area contributed by atoms with E-state index < -0.39 is 17.3 Å². The van der Waals surface area contributed by atoms with Gasteiger partial charge in [-0.15, -0.1) is 0 Å². The molecule has 0 fully saturated rings. The Balaban J connectivity index is 2.04. The molecule has 3 rings (SSSR count). The van der Waals surface area contributed by atoms with E-state index in [9.17, 15) is 8.78 Å². The molecule has 24 heavy (non-hydrogen) atoms. The summed E-state index contributed by atoms with van der Waals surface area (Å²) in [5.74, 6) is -0.889. The van der Waals surface area contributed by atoms with E-state index in [4.69, 9.17) is 23.2 Å². The fourth-order valence-electron chi connectivity index (χ4n) is 2.78. The molecule has 126 valence electrons. The number of hydrogen-bond donors (Lipinski definition) is 2. The van der Waals surface area contributed by atoms with Crippen LogP contribution in [0.3, 0.4) is 0 Å². The first-order chi connectivity index (χ1) is 11.3. The Morgan fingerprint density at radius 1 is 1.12 bits per heavy atom.